The summed E-state index contributed by atoms with van der Waals surface area (Å²) in [5.74, 6) is 0.0780. The molecule has 0 saturated heterocycles. The van der Waals surface area contributed by atoms with Gasteiger partial charge in [0, 0.05) is 0 Å². The standard InChI is InChI=1S/C10H7N7O2/c1-18-9-14-8(15-10(16-9)19-2)17-5-13-6(3-11)7(17)4-12/h5H,1-2H3. The van der Waals surface area contributed by atoms with E-state index in [9.17, 15) is 0 Å². The Hall–Kier alpha value is -3.20. The minimum absolute atomic E-state index is 0.0131. The molecular formula is C10H7N7O2. The Labute approximate surface area is 107 Å². The Morgan fingerprint density at radius 3 is 2.16 bits per heavy atom. The molecule has 19 heavy (non-hydrogen) atoms. The third-order valence-corrected chi connectivity index (χ3v) is 2.14. The van der Waals surface area contributed by atoms with Gasteiger partial charge in [-0.15, -0.1) is 4.98 Å². The second-order valence-electron chi connectivity index (χ2n) is 3.14. The maximum Gasteiger partial charge on any atom is 0.324 e. The van der Waals surface area contributed by atoms with Crippen LogP contribution in [-0.4, -0.2) is 38.7 Å². The lowest BCUT2D eigenvalue weighted by Crippen LogP contribution is -2.07. The van der Waals surface area contributed by atoms with Gasteiger partial charge in [-0.3, -0.25) is 4.57 Å². The van der Waals surface area contributed by atoms with Crippen molar-refractivity contribution < 1.29 is 9.47 Å². The van der Waals surface area contributed by atoms with Crippen LogP contribution in [0.4, 0.5) is 0 Å². The molecule has 0 fully saturated rings. The van der Waals surface area contributed by atoms with Crippen molar-refractivity contribution in [2.24, 2.45) is 0 Å². The number of nitrogens with zero attached hydrogens (tertiary/aromatic N) is 7. The predicted molar refractivity (Wildman–Crippen MR) is 59.5 cm³/mol. The van der Waals surface area contributed by atoms with Gasteiger partial charge >= 0.3 is 12.0 Å². The van der Waals surface area contributed by atoms with Crippen LogP contribution in [0.1, 0.15) is 11.4 Å². The summed E-state index contributed by atoms with van der Waals surface area (Å²) >= 11 is 0. The molecule has 2 heterocycles. The van der Waals surface area contributed by atoms with Crippen LogP contribution >= 0.6 is 0 Å². The zero-order chi connectivity index (χ0) is 13.8. The molecule has 0 amide bonds. The Morgan fingerprint density at radius 2 is 1.68 bits per heavy atom. The van der Waals surface area contributed by atoms with Gasteiger partial charge in [-0.2, -0.15) is 20.5 Å². The van der Waals surface area contributed by atoms with Crippen molar-refractivity contribution in [3.05, 3.63) is 17.7 Å². The molecule has 2 aromatic heterocycles. The van der Waals surface area contributed by atoms with E-state index >= 15 is 0 Å². The van der Waals surface area contributed by atoms with Crippen LogP contribution in [0.5, 0.6) is 12.0 Å². The minimum atomic E-state index is -0.0131. The lowest BCUT2D eigenvalue weighted by Gasteiger charge is -2.05. The summed E-state index contributed by atoms with van der Waals surface area (Å²) in [5.41, 5.74) is 0.0126. The van der Waals surface area contributed by atoms with E-state index in [-0.39, 0.29) is 29.4 Å². The summed E-state index contributed by atoms with van der Waals surface area (Å²) in [5, 5.41) is 17.9. The molecule has 0 aliphatic carbocycles. The van der Waals surface area contributed by atoms with E-state index < -0.39 is 0 Å². The molecule has 0 aliphatic rings. The largest absolute Gasteiger partial charge is 0.467 e. The second-order valence-corrected chi connectivity index (χ2v) is 3.14. The quantitative estimate of drug-likeness (QED) is 0.741. The number of hydrogen-bond donors (Lipinski definition) is 0. The fourth-order valence-corrected chi connectivity index (χ4v) is 1.31. The van der Waals surface area contributed by atoms with Gasteiger partial charge in [0.2, 0.25) is 5.95 Å². The van der Waals surface area contributed by atoms with Crippen LogP contribution in [0.3, 0.4) is 0 Å². The first-order chi connectivity index (χ1) is 9.23. The van der Waals surface area contributed by atoms with Gasteiger partial charge in [-0.1, -0.05) is 0 Å². The zero-order valence-electron chi connectivity index (χ0n) is 10.0. The van der Waals surface area contributed by atoms with Gasteiger partial charge in [0.25, 0.3) is 0 Å². The first-order valence-electron chi connectivity index (χ1n) is 4.95. The highest BCUT2D eigenvalue weighted by atomic mass is 16.5. The molecule has 0 aromatic carbocycles. The van der Waals surface area contributed by atoms with Gasteiger partial charge in [-0.25, -0.2) is 4.98 Å². The van der Waals surface area contributed by atoms with Crippen molar-refractivity contribution in [2.45, 2.75) is 0 Å². The fourth-order valence-electron chi connectivity index (χ4n) is 1.31. The first-order valence-corrected chi connectivity index (χ1v) is 4.95. The van der Waals surface area contributed by atoms with Crippen LogP contribution in [0.15, 0.2) is 6.33 Å². The lowest BCUT2D eigenvalue weighted by atomic mass is 10.3. The average molecular weight is 257 g/mol. The van der Waals surface area contributed by atoms with Crippen LogP contribution in [-0.2, 0) is 0 Å². The Morgan fingerprint density at radius 1 is 1.05 bits per heavy atom. The molecular weight excluding hydrogens is 250 g/mol. The van der Waals surface area contributed by atoms with Gasteiger partial charge in [-0.05, 0) is 0 Å². The van der Waals surface area contributed by atoms with E-state index in [2.05, 4.69) is 19.9 Å². The predicted octanol–water partition coefficient (Wildman–Crippen LogP) is -0.182. The minimum Gasteiger partial charge on any atom is -0.467 e. The fraction of sp³-hybridized carbons (Fsp3) is 0.200. The molecule has 0 bridgehead atoms. The molecule has 94 valence electrons. The molecule has 9 heteroatoms. The normalized spacial score (nSPS) is 9.47. The number of nitriles is 2. The van der Waals surface area contributed by atoms with Crippen molar-refractivity contribution in [3.63, 3.8) is 0 Å². The van der Waals surface area contributed by atoms with Crippen molar-refractivity contribution in [1.29, 1.82) is 10.5 Å². The van der Waals surface area contributed by atoms with Crippen LogP contribution in [0.2, 0.25) is 0 Å². The number of rotatable bonds is 3. The molecule has 0 radical (unpaired) electrons. The van der Waals surface area contributed by atoms with E-state index in [1.807, 2.05) is 6.07 Å². The molecule has 0 unspecified atom stereocenters. The summed E-state index contributed by atoms with van der Waals surface area (Å²) < 4.78 is 11.1. The van der Waals surface area contributed by atoms with E-state index in [0.29, 0.717) is 0 Å². The van der Waals surface area contributed by atoms with E-state index in [1.54, 1.807) is 6.07 Å². The van der Waals surface area contributed by atoms with Gasteiger partial charge in [0.05, 0.1) is 14.2 Å². The maximum absolute atomic E-state index is 9.04. The van der Waals surface area contributed by atoms with Crippen molar-refractivity contribution in [3.8, 4) is 30.1 Å². The molecule has 0 spiro atoms. The van der Waals surface area contributed by atoms with Gasteiger partial charge in [0.1, 0.15) is 18.5 Å². The number of ether oxygens (including phenoxy) is 2. The SMILES string of the molecule is COc1nc(OC)nc(-n2cnc(C#N)c2C#N)n1. The molecule has 0 atom stereocenters. The third-order valence-electron chi connectivity index (χ3n) is 2.14. The number of aromatic nitrogens is 5. The maximum atomic E-state index is 9.04. The Bertz CT molecular complexity index is 673. The Kier molecular flexibility index (Phi) is 3.21. The summed E-state index contributed by atoms with van der Waals surface area (Å²) in [7, 11) is 2.77. The van der Waals surface area contributed by atoms with Gasteiger partial charge in [0.15, 0.2) is 11.4 Å². The first kappa shape index (κ1) is 12.3. The summed E-state index contributed by atoms with van der Waals surface area (Å²) in [6.07, 6.45) is 1.27. The van der Waals surface area contributed by atoms with Crippen LogP contribution in [0, 0.1) is 22.7 Å². The molecule has 9 nitrogen and oxygen atoms in total. The lowest BCUT2D eigenvalue weighted by molar-refractivity contribution is 0.338. The summed E-state index contributed by atoms with van der Waals surface area (Å²) in [6, 6.07) is 3.72. The smallest absolute Gasteiger partial charge is 0.324 e. The molecule has 0 aliphatic heterocycles. The average Bonchev–Trinajstić information content (AvgIpc) is 2.89. The molecule has 2 rings (SSSR count). The second kappa shape index (κ2) is 4.98. The Balaban J connectivity index is 2.63. The van der Waals surface area contributed by atoms with E-state index in [1.165, 1.54) is 25.1 Å². The molecule has 2 aromatic rings. The number of methoxy groups -OCH3 is 2. The molecule has 0 N–H and O–H groups in total. The highest BCUT2D eigenvalue weighted by Gasteiger charge is 2.16. The van der Waals surface area contributed by atoms with Crippen molar-refractivity contribution >= 4 is 0 Å². The summed E-state index contributed by atoms with van der Waals surface area (Å²) in [6.45, 7) is 0. The van der Waals surface area contributed by atoms with Crippen molar-refractivity contribution in [2.75, 3.05) is 14.2 Å². The summed E-state index contributed by atoms with van der Waals surface area (Å²) in [4.78, 5) is 15.5. The number of hydrogen-bond acceptors (Lipinski definition) is 8. The van der Waals surface area contributed by atoms with Crippen LogP contribution in [0.25, 0.3) is 5.95 Å². The number of imidazole rings is 1. The van der Waals surface area contributed by atoms with Gasteiger partial charge < -0.3 is 9.47 Å². The highest BCUT2D eigenvalue weighted by Crippen LogP contribution is 2.15. The van der Waals surface area contributed by atoms with E-state index in [4.69, 9.17) is 20.0 Å². The topological polar surface area (TPSA) is 123 Å². The van der Waals surface area contributed by atoms with E-state index in [0.717, 1.165) is 0 Å². The monoisotopic (exact) mass is 257 g/mol. The highest BCUT2D eigenvalue weighted by molar-refractivity contribution is 5.40. The third kappa shape index (κ3) is 2.12. The molecule has 0 saturated carbocycles. The van der Waals surface area contributed by atoms with Crippen molar-refractivity contribution in [1.82, 2.24) is 24.5 Å². The van der Waals surface area contributed by atoms with Crippen LogP contribution < -0.4 is 9.47 Å². The zero-order valence-corrected chi connectivity index (χ0v) is 10.0.